The molecule has 0 amide bonds. The number of nitrogens with zero attached hydrogens (tertiary/aromatic N) is 1. The van der Waals surface area contributed by atoms with Gasteiger partial charge in [-0.05, 0) is 25.1 Å². The Balaban J connectivity index is 1.98. The Kier molecular flexibility index (Phi) is 4.58. The van der Waals surface area contributed by atoms with Crippen LogP contribution in [-0.4, -0.2) is 11.6 Å². The van der Waals surface area contributed by atoms with Crippen molar-refractivity contribution in [1.29, 1.82) is 0 Å². The van der Waals surface area contributed by atoms with Gasteiger partial charge in [0.2, 0.25) is 5.88 Å². The molecule has 1 aromatic heterocycles. The summed E-state index contributed by atoms with van der Waals surface area (Å²) in [6, 6.07) is 8.23. The van der Waals surface area contributed by atoms with Crippen LogP contribution in [0.4, 0.5) is 10.1 Å². The second-order valence-corrected chi connectivity index (χ2v) is 4.34. The van der Waals surface area contributed by atoms with Crippen LogP contribution < -0.4 is 10.1 Å². The van der Waals surface area contributed by atoms with Crippen LogP contribution >= 0.6 is 11.6 Å². The van der Waals surface area contributed by atoms with E-state index in [1.165, 1.54) is 6.07 Å². The number of nitrogens with one attached hydrogen (secondary N) is 1. The average Bonchev–Trinajstić information content (AvgIpc) is 2.40. The van der Waals surface area contributed by atoms with Gasteiger partial charge in [0.15, 0.2) is 0 Å². The van der Waals surface area contributed by atoms with Crippen LogP contribution in [0.3, 0.4) is 0 Å². The Morgan fingerprint density at radius 2 is 2.16 bits per heavy atom. The van der Waals surface area contributed by atoms with Crippen molar-refractivity contribution in [1.82, 2.24) is 4.98 Å². The Bertz CT molecular complexity index is 546. The molecule has 0 aliphatic rings. The van der Waals surface area contributed by atoms with Crippen molar-refractivity contribution in [2.75, 3.05) is 11.9 Å². The Labute approximate surface area is 116 Å². The molecule has 0 saturated heterocycles. The van der Waals surface area contributed by atoms with E-state index >= 15 is 0 Å². The maximum Gasteiger partial charge on any atom is 0.213 e. The number of rotatable bonds is 5. The minimum atomic E-state index is -0.320. The summed E-state index contributed by atoms with van der Waals surface area (Å²) in [4.78, 5) is 4.12. The molecule has 100 valence electrons. The van der Waals surface area contributed by atoms with Crippen LogP contribution in [0.1, 0.15) is 12.5 Å². The van der Waals surface area contributed by atoms with Gasteiger partial charge in [-0.2, -0.15) is 0 Å². The number of pyridine rings is 1. The third kappa shape index (κ3) is 3.83. The van der Waals surface area contributed by atoms with Gasteiger partial charge in [0.05, 0.1) is 18.5 Å². The van der Waals surface area contributed by atoms with E-state index in [-0.39, 0.29) is 5.82 Å². The molecule has 1 aromatic carbocycles. The molecule has 19 heavy (non-hydrogen) atoms. The summed E-state index contributed by atoms with van der Waals surface area (Å²) < 4.78 is 18.8. The first-order chi connectivity index (χ1) is 9.19. The molecule has 0 saturated carbocycles. The topological polar surface area (TPSA) is 34.1 Å². The van der Waals surface area contributed by atoms with E-state index in [0.29, 0.717) is 29.6 Å². The van der Waals surface area contributed by atoms with E-state index in [1.807, 2.05) is 13.0 Å². The Morgan fingerprint density at radius 3 is 2.79 bits per heavy atom. The largest absolute Gasteiger partial charge is 0.478 e. The van der Waals surface area contributed by atoms with Crippen molar-refractivity contribution in [3.8, 4) is 5.88 Å². The summed E-state index contributed by atoms with van der Waals surface area (Å²) in [5.41, 5.74) is 1.36. The minimum Gasteiger partial charge on any atom is -0.478 e. The van der Waals surface area contributed by atoms with Gasteiger partial charge in [-0.15, -0.1) is 0 Å². The van der Waals surface area contributed by atoms with Crippen molar-refractivity contribution in [2.24, 2.45) is 0 Å². The molecule has 2 aromatic rings. The first kappa shape index (κ1) is 13.6. The first-order valence-electron chi connectivity index (χ1n) is 5.95. The van der Waals surface area contributed by atoms with E-state index in [1.54, 1.807) is 24.4 Å². The molecule has 0 aliphatic carbocycles. The van der Waals surface area contributed by atoms with Crippen LogP contribution in [0.5, 0.6) is 5.88 Å². The maximum absolute atomic E-state index is 13.6. The van der Waals surface area contributed by atoms with Gasteiger partial charge in [-0.1, -0.05) is 17.7 Å². The third-order valence-electron chi connectivity index (χ3n) is 2.53. The normalized spacial score (nSPS) is 10.3. The molecule has 0 aliphatic heterocycles. The highest BCUT2D eigenvalue weighted by molar-refractivity contribution is 6.30. The fourth-order valence-corrected chi connectivity index (χ4v) is 1.74. The zero-order chi connectivity index (χ0) is 13.7. The van der Waals surface area contributed by atoms with Gasteiger partial charge >= 0.3 is 0 Å². The SMILES string of the molecule is CCOc1ccc(NCc2ccc(Cl)cc2F)cn1. The molecule has 0 bridgehead atoms. The van der Waals surface area contributed by atoms with Crippen LogP contribution in [0.25, 0.3) is 0 Å². The van der Waals surface area contributed by atoms with E-state index < -0.39 is 0 Å². The second-order valence-electron chi connectivity index (χ2n) is 3.91. The van der Waals surface area contributed by atoms with Crippen molar-refractivity contribution in [3.63, 3.8) is 0 Å². The molecule has 3 nitrogen and oxygen atoms in total. The van der Waals surface area contributed by atoms with Crippen molar-refractivity contribution < 1.29 is 9.13 Å². The lowest BCUT2D eigenvalue weighted by atomic mass is 10.2. The molecular weight excluding hydrogens is 267 g/mol. The summed E-state index contributed by atoms with van der Waals surface area (Å²) in [5.74, 6) is 0.254. The van der Waals surface area contributed by atoms with Crippen molar-refractivity contribution in [2.45, 2.75) is 13.5 Å². The number of hydrogen-bond acceptors (Lipinski definition) is 3. The second kappa shape index (κ2) is 6.38. The van der Waals surface area contributed by atoms with Gasteiger partial charge in [-0.25, -0.2) is 9.37 Å². The van der Waals surface area contributed by atoms with Gasteiger partial charge in [0.25, 0.3) is 0 Å². The smallest absolute Gasteiger partial charge is 0.213 e. The number of benzene rings is 1. The van der Waals surface area contributed by atoms with Crippen LogP contribution in [0.15, 0.2) is 36.5 Å². The third-order valence-corrected chi connectivity index (χ3v) is 2.76. The van der Waals surface area contributed by atoms with E-state index in [2.05, 4.69) is 10.3 Å². The van der Waals surface area contributed by atoms with E-state index in [4.69, 9.17) is 16.3 Å². The highest BCUT2D eigenvalue weighted by Crippen LogP contribution is 2.17. The molecule has 1 heterocycles. The predicted molar refractivity (Wildman–Crippen MR) is 74.1 cm³/mol. The lowest BCUT2D eigenvalue weighted by molar-refractivity contribution is 0.327. The Hall–Kier alpha value is -1.81. The van der Waals surface area contributed by atoms with Crippen LogP contribution in [0, 0.1) is 5.82 Å². The number of aromatic nitrogens is 1. The monoisotopic (exact) mass is 280 g/mol. The zero-order valence-corrected chi connectivity index (χ0v) is 11.2. The minimum absolute atomic E-state index is 0.320. The van der Waals surface area contributed by atoms with Gasteiger partial charge in [0, 0.05) is 23.2 Å². The molecule has 0 radical (unpaired) electrons. The highest BCUT2D eigenvalue weighted by Gasteiger charge is 2.03. The van der Waals surface area contributed by atoms with Crippen molar-refractivity contribution >= 4 is 17.3 Å². The molecule has 0 spiro atoms. The molecule has 5 heteroatoms. The van der Waals surface area contributed by atoms with Gasteiger partial charge in [-0.3, -0.25) is 0 Å². The quantitative estimate of drug-likeness (QED) is 0.902. The van der Waals surface area contributed by atoms with Gasteiger partial charge < -0.3 is 10.1 Å². The average molecular weight is 281 g/mol. The Morgan fingerprint density at radius 1 is 1.32 bits per heavy atom. The summed E-state index contributed by atoms with van der Waals surface area (Å²) in [5, 5.41) is 3.48. The fraction of sp³-hybridized carbons (Fsp3) is 0.214. The fourth-order valence-electron chi connectivity index (χ4n) is 1.58. The highest BCUT2D eigenvalue weighted by atomic mass is 35.5. The number of halogens is 2. The summed E-state index contributed by atoms with van der Waals surface area (Å²) in [6.45, 7) is 2.85. The lowest BCUT2D eigenvalue weighted by Gasteiger charge is -2.08. The van der Waals surface area contributed by atoms with Crippen molar-refractivity contribution in [3.05, 3.63) is 52.9 Å². The summed E-state index contributed by atoms with van der Waals surface area (Å²) in [7, 11) is 0. The van der Waals surface area contributed by atoms with E-state index in [0.717, 1.165) is 5.69 Å². The molecule has 0 atom stereocenters. The molecular formula is C14H14ClFN2O. The number of anilines is 1. The summed E-state index contributed by atoms with van der Waals surface area (Å²) >= 11 is 5.70. The predicted octanol–water partition coefficient (Wildman–Crippen LogP) is 3.88. The molecule has 2 rings (SSSR count). The summed E-state index contributed by atoms with van der Waals surface area (Å²) in [6.07, 6.45) is 1.65. The molecule has 0 fully saturated rings. The lowest BCUT2D eigenvalue weighted by Crippen LogP contribution is -2.02. The van der Waals surface area contributed by atoms with E-state index in [9.17, 15) is 4.39 Å². The number of hydrogen-bond donors (Lipinski definition) is 1. The van der Waals surface area contributed by atoms with Crippen LogP contribution in [0.2, 0.25) is 5.02 Å². The molecule has 1 N–H and O–H groups in total. The first-order valence-corrected chi connectivity index (χ1v) is 6.33. The van der Waals surface area contributed by atoms with Crippen LogP contribution in [-0.2, 0) is 6.54 Å². The standard InChI is InChI=1S/C14H14ClFN2O/c1-2-19-14-6-5-12(9-18-14)17-8-10-3-4-11(15)7-13(10)16/h3-7,9,17H,2,8H2,1H3. The van der Waals surface area contributed by atoms with Gasteiger partial charge in [0.1, 0.15) is 5.82 Å². The zero-order valence-electron chi connectivity index (χ0n) is 10.5. The molecule has 0 unspecified atom stereocenters. The maximum atomic E-state index is 13.6. The number of ether oxygens (including phenoxy) is 1.